The van der Waals surface area contributed by atoms with Gasteiger partial charge in [0.1, 0.15) is 5.75 Å². The van der Waals surface area contributed by atoms with E-state index in [1.807, 2.05) is 40.0 Å². The number of amides is 1. The van der Waals surface area contributed by atoms with E-state index < -0.39 is 5.41 Å². The summed E-state index contributed by atoms with van der Waals surface area (Å²) < 4.78 is 5.38. The summed E-state index contributed by atoms with van der Waals surface area (Å²) in [6.45, 7) is 7.00. The van der Waals surface area contributed by atoms with Crippen LogP contribution in [0, 0.1) is 12.3 Å². The molecule has 0 unspecified atom stereocenters. The first-order chi connectivity index (χ1) is 9.93. The number of ether oxygens (including phenoxy) is 1. The van der Waals surface area contributed by atoms with Crippen LogP contribution in [0.4, 0.5) is 0 Å². The number of rotatable bonds is 7. The van der Waals surface area contributed by atoms with Gasteiger partial charge in [-0.15, -0.1) is 0 Å². The minimum Gasteiger partial charge on any atom is -0.496 e. The van der Waals surface area contributed by atoms with Crippen LogP contribution in [0.3, 0.4) is 0 Å². The van der Waals surface area contributed by atoms with Gasteiger partial charge in [-0.3, -0.25) is 4.79 Å². The molecule has 4 nitrogen and oxygen atoms in total. The molecular formula is C17H28N2O2. The Morgan fingerprint density at radius 3 is 2.43 bits per heavy atom. The van der Waals surface area contributed by atoms with E-state index in [1.165, 1.54) is 0 Å². The zero-order valence-corrected chi connectivity index (χ0v) is 13.9. The van der Waals surface area contributed by atoms with Crippen molar-refractivity contribution in [2.24, 2.45) is 11.1 Å². The molecule has 4 heteroatoms. The minimum atomic E-state index is -0.453. The van der Waals surface area contributed by atoms with Crippen molar-refractivity contribution < 1.29 is 9.53 Å². The Labute approximate surface area is 128 Å². The summed E-state index contributed by atoms with van der Waals surface area (Å²) in [5.74, 6) is 0.921. The Morgan fingerprint density at radius 2 is 1.95 bits per heavy atom. The summed E-state index contributed by atoms with van der Waals surface area (Å²) in [7, 11) is 3.48. The van der Waals surface area contributed by atoms with E-state index in [-0.39, 0.29) is 5.91 Å². The molecule has 0 saturated heterocycles. The summed E-state index contributed by atoms with van der Waals surface area (Å²) in [6.07, 6.45) is 1.52. The van der Waals surface area contributed by atoms with Gasteiger partial charge in [-0.25, -0.2) is 0 Å². The lowest BCUT2D eigenvalue weighted by molar-refractivity contribution is -0.141. The number of carbonyl (C=O) groups is 1. The summed E-state index contributed by atoms with van der Waals surface area (Å²) >= 11 is 0. The third kappa shape index (κ3) is 3.76. The van der Waals surface area contributed by atoms with Crippen LogP contribution in [0.25, 0.3) is 0 Å². The van der Waals surface area contributed by atoms with Crippen LogP contribution in [0.2, 0.25) is 0 Å². The maximum absolute atomic E-state index is 12.8. The largest absolute Gasteiger partial charge is 0.496 e. The van der Waals surface area contributed by atoms with Crippen LogP contribution in [-0.4, -0.2) is 31.5 Å². The lowest BCUT2D eigenvalue weighted by Gasteiger charge is -2.33. The molecule has 0 atom stereocenters. The van der Waals surface area contributed by atoms with Crippen molar-refractivity contribution in [3.05, 3.63) is 29.3 Å². The molecule has 1 aromatic carbocycles. The monoisotopic (exact) mass is 292 g/mol. The molecule has 0 saturated carbocycles. The number of nitrogens with zero attached hydrogens (tertiary/aromatic N) is 1. The van der Waals surface area contributed by atoms with Gasteiger partial charge in [-0.05, 0) is 25.8 Å². The number of nitrogens with two attached hydrogens (primary N) is 1. The second-order valence-corrected chi connectivity index (χ2v) is 5.67. The summed E-state index contributed by atoms with van der Waals surface area (Å²) in [5.41, 5.74) is 7.59. The SMILES string of the molecule is CCC(CC)(CN)C(=O)N(C)Cc1cc(C)ccc1OC. The fourth-order valence-electron chi connectivity index (χ4n) is 2.69. The highest BCUT2D eigenvalue weighted by atomic mass is 16.5. The summed E-state index contributed by atoms with van der Waals surface area (Å²) in [5, 5.41) is 0. The molecule has 2 N–H and O–H groups in total. The van der Waals surface area contributed by atoms with Crippen molar-refractivity contribution in [2.75, 3.05) is 20.7 Å². The first-order valence-corrected chi connectivity index (χ1v) is 7.53. The van der Waals surface area contributed by atoms with E-state index in [1.54, 1.807) is 12.0 Å². The maximum atomic E-state index is 12.8. The zero-order valence-electron chi connectivity index (χ0n) is 13.9. The van der Waals surface area contributed by atoms with Crippen LogP contribution in [0.1, 0.15) is 37.8 Å². The quantitative estimate of drug-likeness (QED) is 0.840. The van der Waals surface area contributed by atoms with E-state index in [9.17, 15) is 4.79 Å². The third-order valence-corrected chi connectivity index (χ3v) is 4.39. The highest BCUT2D eigenvalue weighted by Gasteiger charge is 2.35. The van der Waals surface area contributed by atoms with Crippen molar-refractivity contribution in [1.29, 1.82) is 0 Å². The van der Waals surface area contributed by atoms with Crippen LogP contribution in [0.5, 0.6) is 5.75 Å². The van der Waals surface area contributed by atoms with Crippen molar-refractivity contribution in [3.63, 3.8) is 0 Å². The van der Waals surface area contributed by atoms with Gasteiger partial charge in [0.05, 0.1) is 12.5 Å². The Bertz CT molecular complexity index is 473. The molecule has 0 aromatic heterocycles. The third-order valence-electron chi connectivity index (χ3n) is 4.39. The molecule has 118 valence electrons. The predicted octanol–water partition coefficient (Wildman–Crippen LogP) is 2.73. The predicted molar refractivity (Wildman–Crippen MR) is 86.3 cm³/mol. The van der Waals surface area contributed by atoms with E-state index in [0.29, 0.717) is 13.1 Å². The van der Waals surface area contributed by atoms with Gasteiger partial charge >= 0.3 is 0 Å². The average Bonchev–Trinajstić information content (AvgIpc) is 2.49. The molecule has 0 radical (unpaired) electrons. The van der Waals surface area contributed by atoms with Crippen LogP contribution < -0.4 is 10.5 Å². The van der Waals surface area contributed by atoms with Gasteiger partial charge in [0, 0.05) is 25.7 Å². The standard InChI is InChI=1S/C17H28N2O2/c1-6-17(7-2,12-18)16(20)19(4)11-14-10-13(3)8-9-15(14)21-5/h8-10H,6-7,11-12,18H2,1-5H3. The molecule has 0 aliphatic heterocycles. The Balaban J connectivity index is 2.97. The molecule has 21 heavy (non-hydrogen) atoms. The Hall–Kier alpha value is -1.55. The van der Waals surface area contributed by atoms with Gasteiger partial charge in [-0.1, -0.05) is 31.5 Å². The normalized spacial score (nSPS) is 11.3. The van der Waals surface area contributed by atoms with Gasteiger partial charge in [0.2, 0.25) is 5.91 Å². The number of aryl methyl sites for hydroxylation is 1. The van der Waals surface area contributed by atoms with Crippen LogP contribution in [0.15, 0.2) is 18.2 Å². The van der Waals surface area contributed by atoms with Crippen molar-refractivity contribution in [1.82, 2.24) is 4.90 Å². The molecule has 0 aliphatic rings. The van der Waals surface area contributed by atoms with Crippen molar-refractivity contribution >= 4 is 5.91 Å². The highest BCUT2D eigenvalue weighted by Crippen LogP contribution is 2.29. The average molecular weight is 292 g/mol. The van der Waals surface area contributed by atoms with E-state index in [4.69, 9.17) is 10.5 Å². The molecule has 1 rings (SSSR count). The Morgan fingerprint density at radius 1 is 1.33 bits per heavy atom. The topological polar surface area (TPSA) is 55.6 Å². The second kappa shape index (κ2) is 7.46. The zero-order chi connectivity index (χ0) is 16.0. The smallest absolute Gasteiger partial charge is 0.230 e. The minimum absolute atomic E-state index is 0.110. The van der Waals surface area contributed by atoms with Gasteiger partial charge < -0.3 is 15.4 Å². The van der Waals surface area contributed by atoms with Gasteiger partial charge in [-0.2, -0.15) is 0 Å². The first-order valence-electron chi connectivity index (χ1n) is 7.53. The van der Waals surface area contributed by atoms with Gasteiger partial charge in [0.15, 0.2) is 0 Å². The molecule has 0 heterocycles. The molecule has 0 bridgehead atoms. The van der Waals surface area contributed by atoms with Gasteiger partial charge in [0.25, 0.3) is 0 Å². The second-order valence-electron chi connectivity index (χ2n) is 5.67. The molecule has 1 amide bonds. The van der Waals surface area contributed by atoms with E-state index >= 15 is 0 Å². The number of carbonyl (C=O) groups excluding carboxylic acids is 1. The van der Waals surface area contributed by atoms with Crippen LogP contribution >= 0.6 is 0 Å². The molecule has 0 spiro atoms. The fraction of sp³-hybridized carbons (Fsp3) is 0.588. The summed E-state index contributed by atoms with van der Waals surface area (Å²) in [6, 6.07) is 6.01. The number of hydrogen-bond acceptors (Lipinski definition) is 3. The number of benzene rings is 1. The molecule has 0 aliphatic carbocycles. The number of methoxy groups -OCH3 is 1. The fourth-order valence-corrected chi connectivity index (χ4v) is 2.69. The molecule has 1 aromatic rings. The van der Waals surface area contributed by atoms with Crippen molar-refractivity contribution in [3.8, 4) is 5.75 Å². The lowest BCUT2D eigenvalue weighted by atomic mass is 9.81. The van der Waals surface area contributed by atoms with Crippen molar-refractivity contribution in [2.45, 2.75) is 40.2 Å². The van der Waals surface area contributed by atoms with Crippen LogP contribution in [-0.2, 0) is 11.3 Å². The summed E-state index contributed by atoms with van der Waals surface area (Å²) in [4.78, 5) is 14.5. The molecule has 0 fully saturated rings. The van der Waals surface area contributed by atoms with E-state index in [0.717, 1.165) is 29.7 Å². The first kappa shape index (κ1) is 17.5. The number of hydrogen-bond donors (Lipinski definition) is 1. The maximum Gasteiger partial charge on any atom is 0.230 e. The Kier molecular flexibility index (Phi) is 6.21. The molecular weight excluding hydrogens is 264 g/mol. The lowest BCUT2D eigenvalue weighted by Crippen LogP contribution is -2.45. The highest BCUT2D eigenvalue weighted by molar-refractivity contribution is 5.82. The van der Waals surface area contributed by atoms with E-state index in [2.05, 4.69) is 6.07 Å².